The summed E-state index contributed by atoms with van der Waals surface area (Å²) < 4.78 is 36.9. The molecule has 216 valence electrons. The molecule has 2 aromatic carbocycles. The zero-order valence-electron chi connectivity index (χ0n) is 22.9. The standard InChI is InChI=1S/C28H31ClN6O4S2/c1-18(2)41(36,37)25-7-5-4-6-23(25)32-26-21(29)15-30-28(34-26)33-22-9-8-19(14-24(22)38-3)27-31-20(17-40-27)16-35-10-12-39-13-11-35/h4-9,14-15,17-18H,10-13,16H2,1-3H3,(H2,30,32,33,34). The molecule has 4 aromatic rings. The van der Waals surface area contributed by atoms with Crippen molar-refractivity contribution in [2.45, 2.75) is 30.5 Å². The maximum absolute atomic E-state index is 12.9. The highest BCUT2D eigenvalue weighted by Crippen LogP contribution is 2.35. The Bertz CT molecular complexity index is 1620. The van der Waals surface area contributed by atoms with Gasteiger partial charge in [0, 0.05) is 30.6 Å². The Balaban J connectivity index is 1.35. The molecule has 0 aliphatic carbocycles. The smallest absolute Gasteiger partial charge is 0.229 e. The summed E-state index contributed by atoms with van der Waals surface area (Å²) in [7, 11) is -1.94. The van der Waals surface area contributed by atoms with Crippen molar-refractivity contribution >= 4 is 55.9 Å². The maximum atomic E-state index is 12.9. The Morgan fingerprint density at radius 3 is 2.63 bits per heavy atom. The van der Waals surface area contributed by atoms with Crippen LogP contribution in [0.3, 0.4) is 0 Å². The van der Waals surface area contributed by atoms with Crippen LogP contribution in [0.25, 0.3) is 10.6 Å². The molecule has 0 amide bonds. The van der Waals surface area contributed by atoms with E-state index in [2.05, 4.69) is 30.9 Å². The lowest BCUT2D eigenvalue weighted by atomic mass is 10.2. The molecule has 0 unspecified atom stereocenters. The Labute approximate surface area is 248 Å². The highest BCUT2D eigenvalue weighted by Gasteiger charge is 2.23. The molecule has 1 fully saturated rings. The Morgan fingerprint density at radius 1 is 1.10 bits per heavy atom. The molecular formula is C28H31ClN6O4S2. The topological polar surface area (TPSA) is 119 Å². The van der Waals surface area contributed by atoms with Gasteiger partial charge < -0.3 is 20.1 Å². The number of thiazole rings is 1. The molecule has 0 radical (unpaired) electrons. The van der Waals surface area contributed by atoms with Gasteiger partial charge in [-0.15, -0.1) is 11.3 Å². The zero-order valence-corrected chi connectivity index (χ0v) is 25.3. The molecular weight excluding hydrogens is 584 g/mol. The van der Waals surface area contributed by atoms with E-state index >= 15 is 0 Å². The van der Waals surface area contributed by atoms with Gasteiger partial charge in [-0.3, -0.25) is 4.90 Å². The average Bonchev–Trinajstić information content (AvgIpc) is 3.44. The van der Waals surface area contributed by atoms with Crippen LogP contribution in [0.1, 0.15) is 19.5 Å². The van der Waals surface area contributed by atoms with Crippen LogP contribution < -0.4 is 15.4 Å². The van der Waals surface area contributed by atoms with E-state index in [9.17, 15) is 8.42 Å². The van der Waals surface area contributed by atoms with Gasteiger partial charge >= 0.3 is 0 Å². The molecule has 0 saturated carbocycles. The molecule has 3 heterocycles. The molecule has 41 heavy (non-hydrogen) atoms. The number of halogens is 1. The van der Waals surface area contributed by atoms with Gasteiger partial charge in [0.1, 0.15) is 15.8 Å². The van der Waals surface area contributed by atoms with Crippen molar-refractivity contribution in [1.82, 2.24) is 19.9 Å². The van der Waals surface area contributed by atoms with Gasteiger partial charge in [0.2, 0.25) is 5.95 Å². The second-order valence-corrected chi connectivity index (χ2v) is 13.4. The van der Waals surface area contributed by atoms with Crippen LogP contribution in [0, 0.1) is 0 Å². The summed E-state index contributed by atoms with van der Waals surface area (Å²) in [6, 6.07) is 12.4. The third-order valence-corrected chi connectivity index (χ3v) is 9.97. The van der Waals surface area contributed by atoms with Crippen molar-refractivity contribution in [3.63, 3.8) is 0 Å². The number of morpholine rings is 1. The van der Waals surface area contributed by atoms with Crippen molar-refractivity contribution in [3.05, 3.63) is 64.8 Å². The number of rotatable bonds is 10. The van der Waals surface area contributed by atoms with E-state index in [-0.39, 0.29) is 21.7 Å². The number of anilines is 4. The van der Waals surface area contributed by atoms with Gasteiger partial charge in [-0.1, -0.05) is 23.7 Å². The number of aromatic nitrogens is 3. The van der Waals surface area contributed by atoms with Gasteiger partial charge in [-0.05, 0) is 44.2 Å². The lowest BCUT2D eigenvalue weighted by molar-refractivity contribution is 0.0337. The van der Waals surface area contributed by atoms with Crippen LogP contribution in [-0.2, 0) is 21.1 Å². The van der Waals surface area contributed by atoms with Gasteiger partial charge in [-0.2, -0.15) is 4.98 Å². The lowest BCUT2D eigenvalue weighted by Gasteiger charge is -2.25. The van der Waals surface area contributed by atoms with E-state index in [0.29, 0.717) is 17.1 Å². The summed E-state index contributed by atoms with van der Waals surface area (Å²) >= 11 is 7.98. The molecule has 13 heteroatoms. The molecule has 0 atom stereocenters. The third kappa shape index (κ3) is 6.79. The SMILES string of the molecule is COc1cc(-c2nc(CN3CCOCC3)cs2)ccc1Nc1ncc(Cl)c(Nc2ccccc2S(=O)(=O)C(C)C)n1. The molecule has 5 rings (SSSR count). The number of hydrogen-bond acceptors (Lipinski definition) is 11. The highest BCUT2D eigenvalue weighted by atomic mass is 35.5. The first-order chi connectivity index (χ1) is 19.7. The number of nitrogens with one attached hydrogen (secondary N) is 2. The van der Waals surface area contributed by atoms with E-state index in [1.807, 2.05) is 18.2 Å². The summed E-state index contributed by atoms with van der Waals surface area (Å²) in [6.45, 7) is 7.42. The van der Waals surface area contributed by atoms with Crippen LogP contribution >= 0.6 is 22.9 Å². The number of ether oxygens (including phenoxy) is 2. The fraction of sp³-hybridized carbons (Fsp3) is 0.321. The van der Waals surface area contributed by atoms with E-state index < -0.39 is 15.1 Å². The number of hydrogen-bond donors (Lipinski definition) is 2. The summed E-state index contributed by atoms with van der Waals surface area (Å²) in [4.78, 5) is 16.1. The van der Waals surface area contributed by atoms with Crippen LogP contribution in [-0.4, -0.2) is 66.9 Å². The second kappa shape index (κ2) is 12.7. The molecule has 2 N–H and O–H groups in total. The predicted molar refractivity (Wildman–Crippen MR) is 163 cm³/mol. The quantitative estimate of drug-likeness (QED) is 0.228. The molecule has 1 saturated heterocycles. The largest absolute Gasteiger partial charge is 0.495 e. The molecule has 1 aliphatic rings. The van der Waals surface area contributed by atoms with Crippen LogP contribution in [0.5, 0.6) is 5.75 Å². The molecule has 2 aromatic heterocycles. The monoisotopic (exact) mass is 614 g/mol. The molecule has 0 spiro atoms. The minimum Gasteiger partial charge on any atom is -0.495 e. The van der Waals surface area contributed by atoms with E-state index in [0.717, 1.165) is 49.1 Å². The average molecular weight is 615 g/mol. The summed E-state index contributed by atoms with van der Waals surface area (Å²) in [6.07, 6.45) is 1.45. The van der Waals surface area contributed by atoms with Gasteiger partial charge in [0.25, 0.3) is 0 Å². The van der Waals surface area contributed by atoms with Crippen LogP contribution in [0.15, 0.2) is 58.9 Å². The molecule has 1 aliphatic heterocycles. The van der Waals surface area contributed by atoms with E-state index in [4.69, 9.17) is 26.1 Å². The zero-order chi connectivity index (χ0) is 29.0. The normalized spacial score (nSPS) is 14.3. The summed E-state index contributed by atoms with van der Waals surface area (Å²) in [5.74, 6) is 1.12. The van der Waals surface area contributed by atoms with Crippen LogP contribution in [0.2, 0.25) is 5.02 Å². The van der Waals surface area contributed by atoms with E-state index in [1.54, 1.807) is 56.6 Å². The van der Waals surface area contributed by atoms with Gasteiger partial charge in [-0.25, -0.2) is 18.4 Å². The van der Waals surface area contributed by atoms with Crippen molar-refractivity contribution < 1.29 is 17.9 Å². The van der Waals surface area contributed by atoms with E-state index in [1.165, 1.54) is 6.20 Å². The Kier molecular flexibility index (Phi) is 9.05. The van der Waals surface area contributed by atoms with Gasteiger partial charge in [0.05, 0.1) is 53.7 Å². The number of nitrogens with zero attached hydrogens (tertiary/aromatic N) is 4. The molecule has 0 bridgehead atoms. The fourth-order valence-electron chi connectivity index (χ4n) is 4.26. The maximum Gasteiger partial charge on any atom is 0.229 e. The molecule has 10 nitrogen and oxygen atoms in total. The number of benzene rings is 2. The number of sulfone groups is 1. The highest BCUT2D eigenvalue weighted by molar-refractivity contribution is 7.92. The second-order valence-electron chi connectivity index (χ2n) is 9.68. The Morgan fingerprint density at radius 2 is 1.88 bits per heavy atom. The minimum absolute atomic E-state index is 0.173. The van der Waals surface area contributed by atoms with Gasteiger partial charge in [0.15, 0.2) is 15.7 Å². The Hall–Kier alpha value is -3.29. The van der Waals surface area contributed by atoms with Crippen molar-refractivity contribution in [1.29, 1.82) is 0 Å². The summed E-state index contributed by atoms with van der Waals surface area (Å²) in [5, 5.41) is 8.90. The first-order valence-electron chi connectivity index (χ1n) is 13.1. The fourth-order valence-corrected chi connectivity index (χ4v) is 6.41. The third-order valence-electron chi connectivity index (χ3n) is 6.55. The first-order valence-corrected chi connectivity index (χ1v) is 15.9. The lowest BCUT2D eigenvalue weighted by Crippen LogP contribution is -2.35. The van der Waals surface area contributed by atoms with Crippen molar-refractivity contribution in [2.75, 3.05) is 44.0 Å². The number of methoxy groups -OCH3 is 1. The minimum atomic E-state index is -3.53. The summed E-state index contributed by atoms with van der Waals surface area (Å²) in [5.41, 5.74) is 3.00. The van der Waals surface area contributed by atoms with Crippen molar-refractivity contribution in [3.8, 4) is 16.3 Å². The first kappa shape index (κ1) is 29.2. The van der Waals surface area contributed by atoms with Crippen molar-refractivity contribution in [2.24, 2.45) is 0 Å². The number of para-hydroxylation sites is 1. The van der Waals surface area contributed by atoms with Crippen LogP contribution in [0.4, 0.5) is 23.1 Å². The predicted octanol–water partition coefficient (Wildman–Crippen LogP) is 5.76.